The zero-order valence-electron chi connectivity index (χ0n) is 37.3. The summed E-state index contributed by atoms with van der Waals surface area (Å²) in [6, 6.07) is -0.815. The largest absolute Gasteiger partial charge is 0.394 e. The van der Waals surface area contributed by atoms with Crippen LogP contribution in [-0.4, -0.2) is 46.1 Å². The maximum atomic E-state index is 12.5. The number of nitrogens with one attached hydrogen (secondary N) is 1. The fourth-order valence-corrected chi connectivity index (χ4v) is 7.29. The smallest absolute Gasteiger partial charge is 0.249 e. The summed E-state index contributed by atoms with van der Waals surface area (Å²) in [5.41, 5.74) is 0. The third-order valence-corrected chi connectivity index (χ3v) is 11.1. The van der Waals surface area contributed by atoms with E-state index in [1.165, 1.54) is 180 Å². The van der Waals surface area contributed by atoms with Crippen molar-refractivity contribution in [2.45, 2.75) is 263 Å². The Labute approximate surface area is 348 Å². The first-order valence-electron chi connectivity index (χ1n) is 24.5. The van der Waals surface area contributed by atoms with Crippen LogP contribution in [0, 0.1) is 0 Å². The van der Waals surface area contributed by atoms with Crippen molar-refractivity contribution in [1.82, 2.24) is 5.32 Å². The summed E-state index contributed by atoms with van der Waals surface area (Å²) < 4.78 is 0. The molecule has 3 unspecified atom stereocenters. The SMILES string of the molecule is CCCCCCCCCC/C=C/CC/C=C/C(O)C(CO)NC(=O)C(O)CCCCCCCCCCCCCC/C=C\C/C=C\CCCCCCCCCCC. The summed E-state index contributed by atoms with van der Waals surface area (Å²) in [6.07, 6.45) is 60.2. The van der Waals surface area contributed by atoms with Crippen molar-refractivity contribution in [2.24, 2.45) is 0 Å². The van der Waals surface area contributed by atoms with E-state index in [0.29, 0.717) is 6.42 Å². The van der Waals surface area contributed by atoms with Gasteiger partial charge in [-0.25, -0.2) is 0 Å². The third-order valence-electron chi connectivity index (χ3n) is 11.1. The van der Waals surface area contributed by atoms with Gasteiger partial charge >= 0.3 is 0 Å². The van der Waals surface area contributed by atoms with Crippen molar-refractivity contribution in [1.29, 1.82) is 0 Å². The highest BCUT2D eigenvalue weighted by Gasteiger charge is 2.22. The first-order chi connectivity index (χ1) is 27.6. The van der Waals surface area contributed by atoms with Gasteiger partial charge in [-0.1, -0.05) is 229 Å². The highest BCUT2D eigenvalue weighted by molar-refractivity contribution is 5.80. The third kappa shape index (κ3) is 40.5. The van der Waals surface area contributed by atoms with Gasteiger partial charge in [-0.3, -0.25) is 4.79 Å². The summed E-state index contributed by atoms with van der Waals surface area (Å²) in [5, 5.41) is 33.1. The molecule has 0 rings (SSSR count). The molecule has 0 fully saturated rings. The topological polar surface area (TPSA) is 89.8 Å². The van der Waals surface area contributed by atoms with Crippen LogP contribution in [0.15, 0.2) is 48.6 Å². The Morgan fingerprint density at radius 3 is 1.20 bits per heavy atom. The molecule has 328 valence electrons. The van der Waals surface area contributed by atoms with Gasteiger partial charge in [-0.05, 0) is 64.2 Å². The number of carbonyl (C=O) groups excluding carboxylic acids is 1. The van der Waals surface area contributed by atoms with Crippen LogP contribution in [-0.2, 0) is 4.79 Å². The first-order valence-corrected chi connectivity index (χ1v) is 24.5. The van der Waals surface area contributed by atoms with Crippen molar-refractivity contribution in [3.63, 3.8) is 0 Å². The minimum atomic E-state index is -1.11. The second kappa shape index (κ2) is 46.0. The van der Waals surface area contributed by atoms with Crippen LogP contribution in [0.25, 0.3) is 0 Å². The highest BCUT2D eigenvalue weighted by Crippen LogP contribution is 2.15. The van der Waals surface area contributed by atoms with Crippen molar-refractivity contribution >= 4 is 5.91 Å². The molecule has 3 atom stereocenters. The van der Waals surface area contributed by atoms with E-state index in [9.17, 15) is 20.1 Å². The molecule has 0 aliphatic heterocycles. The molecule has 56 heavy (non-hydrogen) atoms. The van der Waals surface area contributed by atoms with Gasteiger partial charge in [-0.2, -0.15) is 0 Å². The molecule has 0 bridgehead atoms. The number of amides is 1. The summed E-state index contributed by atoms with van der Waals surface area (Å²) in [4.78, 5) is 12.5. The van der Waals surface area contributed by atoms with Gasteiger partial charge < -0.3 is 20.6 Å². The van der Waals surface area contributed by atoms with E-state index in [1.54, 1.807) is 6.08 Å². The van der Waals surface area contributed by atoms with Crippen LogP contribution in [0.1, 0.15) is 245 Å². The van der Waals surface area contributed by atoms with E-state index in [4.69, 9.17) is 0 Å². The highest BCUT2D eigenvalue weighted by atomic mass is 16.3. The Morgan fingerprint density at radius 1 is 0.446 bits per heavy atom. The molecule has 0 aliphatic rings. The molecule has 0 saturated carbocycles. The number of hydrogen-bond donors (Lipinski definition) is 4. The number of hydrogen-bond acceptors (Lipinski definition) is 4. The van der Waals surface area contributed by atoms with Crippen LogP contribution in [0.3, 0.4) is 0 Å². The Kier molecular flexibility index (Phi) is 44.6. The number of aliphatic hydroxyl groups excluding tert-OH is 3. The maximum absolute atomic E-state index is 12.5. The second-order valence-electron chi connectivity index (χ2n) is 16.7. The predicted molar refractivity (Wildman–Crippen MR) is 245 cm³/mol. The van der Waals surface area contributed by atoms with Gasteiger partial charge in [0.2, 0.25) is 5.91 Å². The summed E-state index contributed by atoms with van der Waals surface area (Å²) in [6.45, 7) is 4.17. The Balaban J connectivity index is 3.62. The van der Waals surface area contributed by atoms with Crippen LogP contribution in [0.5, 0.6) is 0 Å². The zero-order chi connectivity index (χ0) is 40.8. The number of carbonyl (C=O) groups is 1. The molecule has 0 saturated heterocycles. The van der Waals surface area contributed by atoms with E-state index >= 15 is 0 Å². The normalized spacial score (nSPS) is 13.9. The fraction of sp³-hybridized carbons (Fsp3) is 0.824. The lowest BCUT2D eigenvalue weighted by atomic mass is 10.0. The lowest BCUT2D eigenvalue weighted by Gasteiger charge is -2.21. The monoisotopic (exact) mass is 786 g/mol. The molecule has 0 radical (unpaired) electrons. The molecule has 5 nitrogen and oxygen atoms in total. The molecular formula is C51H95NO4. The molecule has 5 heteroatoms. The number of aliphatic hydroxyl groups is 3. The van der Waals surface area contributed by atoms with Gasteiger partial charge in [0.15, 0.2) is 0 Å². The van der Waals surface area contributed by atoms with E-state index in [0.717, 1.165) is 44.9 Å². The average Bonchev–Trinajstić information content (AvgIpc) is 3.20. The number of unbranched alkanes of at least 4 members (excludes halogenated alkanes) is 30. The minimum Gasteiger partial charge on any atom is -0.394 e. The van der Waals surface area contributed by atoms with Crippen molar-refractivity contribution < 1.29 is 20.1 Å². The van der Waals surface area contributed by atoms with Crippen LogP contribution in [0.2, 0.25) is 0 Å². The van der Waals surface area contributed by atoms with E-state index in [-0.39, 0.29) is 6.61 Å². The summed E-state index contributed by atoms with van der Waals surface area (Å²) in [7, 11) is 0. The van der Waals surface area contributed by atoms with Gasteiger partial charge in [0.25, 0.3) is 0 Å². The molecule has 4 N–H and O–H groups in total. The number of allylic oxidation sites excluding steroid dienone is 7. The Morgan fingerprint density at radius 2 is 0.786 bits per heavy atom. The van der Waals surface area contributed by atoms with Crippen molar-refractivity contribution in [2.75, 3.05) is 6.61 Å². The Hall–Kier alpha value is -1.69. The standard InChI is InChI=1S/C51H95NO4/c1-3-5-7-9-11-13-15-17-19-20-21-22-23-24-25-26-27-28-29-30-31-32-34-36-38-40-42-44-46-50(55)51(56)52-48(47-53)49(54)45-43-41-39-37-35-33-18-16-14-12-10-8-6-4-2/h21-22,24-25,35,37,43,45,48-50,53-55H,3-20,23,26-34,36,38-42,44,46-47H2,1-2H3,(H,52,56)/b22-21-,25-24-,37-35+,45-43+. The first kappa shape index (κ1) is 54.3. The molecule has 0 aromatic heterocycles. The molecule has 0 spiro atoms. The summed E-state index contributed by atoms with van der Waals surface area (Å²) in [5.74, 6) is -0.515. The number of rotatable bonds is 44. The maximum Gasteiger partial charge on any atom is 0.249 e. The lowest BCUT2D eigenvalue weighted by molar-refractivity contribution is -0.131. The van der Waals surface area contributed by atoms with Crippen LogP contribution >= 0.6 is 0 Å². The van der Waals surface area contributed by atoms with Crippen LogP contribution in [0.4, 0.5) is 0 Å². The predicted octanol–water partition coefficient (Wildman–Crippen LogP) is 14.5. The minimum absolute atomic E-state index is 0.377. The van der Waals surface area contributed by atoms with E-state index < -0.39 is 24.2 Å². The van der Waals surface area contributed by atoms with Gasteiger partial charge in [0.05, 0.1) is 18.8 Å². The van der Waals surface area contributed by atoms with Crippen LogP contribution < -0.4 is 5.32 Å². The van der Waals surface area contributed by atoms with Gasteiger partial charge in [0, 0.05) is 0 Å². The molecule has 0 aromatic rings. The molecule has 0 heterocycles. The van der Waals surface area contributed by atoms with Crippen molar-refractivity contribution in [3.05, 3.63) is 48.6 Å². The summed E-state index contributed by atoms with van der Waals surface area (Å²) >= 11 is 0. The lowest BCUT2D eigenvalue weighted by Crippen LogP contribution is -2.48. The van der Waals surface area contributed by atoms with Gasteiger partial charge in [0.1, 0.15) is 6.10 Å². The quantitative estimate of drug-likeness (QED) is 0.0366. The van der Waals surface area contributed by atoms with E-state index in [2.05, 4.69) is 55.6 Å². The average molecular weight is 786 g/mol. The fourth-order valence-electron chi connectivity index (χ4n) is 7.29. The second-order valence-corrected chi connectivity index (χ2v) is 16.7. The molecule has 1 amide bonds. The zero-order valence-corrected chi connectivity index (χ0v) is 37.3. The molecule has 0 aliphatic carbocycles. The van der Waals surface area contributed by atoms with E-state index in [1.807, 2.05) is 6.08 Å². The Bertz CT molecular complexity index is 912. The van der Waals surface area contributed by atoms with Gasteiger partial charge in [-0.15, -0.1) is 0 Å². The molecule has 0 aromatic carbocycles. The van der Waals surface area contributed by atoms with Crippen molar-refractivity contribution in [3.8, 4) is 0 Å². The molecular weight excluding hydrogens is 691 g/mol.